The molecule has 0 aliphatic carbocycles. The number of piperazine rings is 1. The summed E-state index contributed by atoms with van der Waals surface area (Å²) in [5.41, 5.74) is 1.13. The van der Waals surface area contributed by atoms with Gasteiger partial charge in [0.25, 0.3) is 0 Å². The molecule has 132 valence electrons. The molecule has 1 saturated heterocycles. The van der Waals surface area contributed by atoms with E-state index >= 15 is 0 Å². The van der Waals surface area contributed by atoms with Crippen molar-refractivity contribution in [2.45, 2.75) is 19.4 Å². The first kappa shape index (κ1) is 17.3. The molecule has 1 aliphatic heterocycles. The van der Waals surface area contributed by atoms with Gasteiger partial charge in [0.2, 0.25) is 11.9 Å². The van der Waals surface area contributed by atoms with E-state index < -0.39 is 0 Å². The molecule has 25 heavy (non-hydrogen) atoms. The lowest BCUT2D eigenvalue weighted by molar-refractivity contribution is -0.122. The summed E-state index contributed by atoms with van der Waals surface area (Å²) < 4.78 is 0. The predicted octanol–water partition coefficient (Wildman–Crippen LogP) is 0.741. The smallest absolute Gasteiger partial charge is 0.234 e. The van der Waals surface area contributed by atoms with Crippen molar-refractivity contribution in [3.8, 4) is 0 Å². The van der Waals surface area contributed by atoms with Gasteiger partial charge in [0.05, 0.1) is 6.54 Å². The largest absolute Gasteiger partial charge is 0.352 e. The number of carbonyl (C=O) groups excluding carboxylic acids is 1. The molecule has 1 atom stereocenters. The number of amides is 1. The average Bonchev–Trinajstić information content (AvgIpc) is 2.63. The van der Waals surface area contributed by atoms with Crippen LogP contribution in [0.25, 0.3) is 0 Å². The minimum Gasteiger partial charge on any atom is -0.352 e. The summed E-state index contributed by atoms with van der Waals surface area (Å²) >= 11 is 0. The Balaban J connectivity index is 1.40. The molecule has 7 nitrogen and oxygen atoms in total. The molecule has 1 aliphatic rings. The highest BCUT2D eigenvalue weighted by Gasteiger charge is 2.20. The maximum atomic E-state index is 12.3. The fourth-order valence-corrected chi connectivity index (χ4v) is 3.01. The van der Waals surface area contributed by atoms with E-state index in [9.17, 15) is 4.79 Å². The van der Waals surface area contributed by atoms with E-state index in [4.69, 9.17) is 0 Å². The maximum Gasteiger partial charge on any atom is 0.234 e. The number of nitrogens with zero attached hydrogens (tertiary/aromatic N) is 5. The number of rotatable bonds is 6. The van der Waals surface area contributed by atoms with Gasteiger partial charge in [-0.05, 0) is 31.0 Å². The van der Waals surface area contributed by atoms with Crippen molar-refractivity contribution in [1.29, 1.82) is 0 Å². The standard InChI is InChI=1S/C18H24N6O/c1-15(12-16-4-2-5-19-13-16)22-17(25)14-23-8-10-24(11-9-23)18-20-6-3-7-21-18/h2-7,13,15H,8-12,14H2,1H3,(H,22,25)/t15-/m1/s1. The summed E-state index contributed by atoms with van der Waals surface area (Å²) in [5, 5.41) is 3.07. The van der Waals surface area contributed by atoms with Gasteiger partial charge in [-0.15, -0.1) is 0 Å². The molecule has 1 N–H and O–H groups in total. The normalized spacial score (nSPS) is 16.4. The van der Waals surface area contributed by atoms with Crippen LogP contribution in [-0.4, -0.2) is 64.5 Å². The van der Waals surface area contributed by atoms with E-state index in [1.54, 1.807) is 18.6 Å². The zero-order valence-corrected chi connectivity index (χ0v) is 14.5. The van der Waals surface area contributed by atoms with Crippen LogP contribution < -0.4 is 10.2 Å². The Morgan fingerprint density at radius 2 is 1.92 bits per heavy atom. The highest BCUT2D eigenvalue weighted by molar-refractivity contribution is 5.78. The van der Waals surface area contributed by atoms with E-state index in [-0.39, 0.29) is 11.9 Å². The number of nitrogens with one attached hydrogen (secondary N) is 1. The molecule has 0 aromatic carbocycles. The highest BCUT2D eigenvalue weighted by atomic mass is 16.2. The molecule has 0 bridgehead atoms. The lowest BCUT2D eigenvalue weighted by Gasteiger charge is -2.34. The van der Waals surface area contributed by atoms with Crippen molar-refractivity contribution in [2.75, 3.05) is 37.6 Å². The molecule has 1 fully saturated rings. The fourth-order valence-electron chi connectivity index (χ4n) is 3.01. The van der Waals surface area contributed by atoms with Gasteiger partial charge in [-0.2, -0.15) is 0 Å². The van der Waals surface area contributed by atoms with Crippen molar-refractivity contribution in [3.05, 3.63) is 48.5 Å². The maximum absolute atomic E-state index is 12.3. The summed E-state index contributed by atoms with van der Waals surface area (Å²) in [6.07, 6.45) is 7.90. The molecule has 3 rings (SSSR count). The lowest BCUT2D eigenvalue weighted by atomic mass is 10.1. The van der Waals surface area contributed by atoms with Gasteiger partial charge in [-0.3, -0.25) is 14.7 Å². The van der Waals surface area contributed by atoms with Crippen molar-refractivity contribution in [2.24, 2.45) is 0 Å². The van der Waals surface area contributed by atoms with Gasteiger partial charge >= 0.3 is 0 Å². The van der Waals surface area contributed by atoms with E-state index in [2.05, 4.69) is 30.1 Å². The van der Waals surface area contributed by atoms with Crippen LogP contribution in [0, 0.1) is 0 Å². The summed E-state index contributed by atoms with van der Waals surface area (Å²) in [4.78, 5) is 29.2. The zero-order chi connectivity index (χ0) is 17.5. The molecule has 0 saturated carbocycles. The molecular formula is C18H24N6O. The minimum absolute atomic E-state index is 0.0702. The molecule has 0 spiro atoms. The van der Waals surface area contributed by atoms with E-state index in [1.165, 1.54) is 0 Å². The molecular weight excluding hydrogens is 316 g/mol. The Labute approximate surface area is 148 Å². The third kappa shape index (κ3) is 5.22. The van der Waals surface area contributed by atoms with Crippen LogP contribution >= 0.6 is 0 Å². The molecule has 1 amide bonds. The number of pyridine rings is 1. The minimum atomic E-state index is 0.0702. The second-order valence-electron chi connectivity index (χ2n) is 6.35. The van der Waals surface area contributed by atoms with Gasteiger partial charge in [0, 0.05) is 57.0 Å². The summed E-state index contributed by atoms with van der Waals surface area (Å²) in [6.45, 7) is 5.80. The van der Waals surface area contributed by atoms with Crippen LogP contribution in [0.4, 0.5) is 5.95 Å². The predicted molar refractivity (Wildman–Crippen MR) is 96.2 cm³/mol. The van der Waals surface area contributed by atoms with Gasteiger partial charge in [0.15, 0.2) is 0 Å². The van der Waals surface area contributed by atoms with E-state index in [0.717, 1.165) is 44.1 Å². The zero-order valence-electron chi connectivity index (χ0n) is 14.5. The van der Waals surface area contributed by atoms with Crippen LogP contribution in [0.3, 0.4) is 0 Å². The Morgan fingerprint density at radius 1 is 1.16 bits per heavy atom. The first-order valence-electron chi connectivity index (χ1n) is 8.63. The lowest BCUT2D eigenvalue weighted by Crippen LogP contribution is -2.50. The second kappa shape index (κ2) is 8.53. The fraction of sp³-hybridized carbons (Fsp3) is 0.444. The topological polar surface area (TPSA) is 74.2 Å². The van der Waals surface area contributed by atoms with Crippen LogP contribution in [0.1, 0.15) is 12.5 Å². The number of hydrogen-bond donors (Lipinski definition) is 1. The molecule has 2 aromatic heterocycles. The highest BCUT2D eigenvalue weighted by Crippen LogP contribution is 2.09. The first-order valence-corrected chi connectivity index (χ1v) is 8.63. The van der Waals surface area contributed by atoms with Gasteiger partial charge in [-0.25, -0.2) is 9.97 Å². The van der Waals surface area contributed by atoms with Crippen LogP contribution in [0.2, 0.25) is 0 Å². The van der Waals surface area contributed by atoms with Crippen molar-refractivity contribution >= 4 is 11.9 Å². The van der Waals surface area contributed by atoms with Gasteiger partial charge in [0.1, 0.15) is 0 Å². The summed E-state index contributed by atoms with van der Waals surface area (Å²) in [5.74, 6) is 0.831. The molecule has 3 heterocycles. The Hall–Kier alpha value is -2.54. The number of carbonyl (C=O) groups is 1. The first-order chi connectivity index (χ1) is 12.2. The van der Waals surface area contributed by atoms with Crippen LogP contribution in [0.5, 0.6) is 0 Å². The number of anilines is 1. The Bertz CT molecular complexity index is 658. The van der Waals surface area contributed by atoms with Crippen LogP contribution in [-0.2, 0) is 11.2 Å². The molecule has 0 radical (unpaired) electrons. The Morgan fingerprint density at radius 3 is 2.60 bits per heavy atom. The second-order valence-corrected chi connectivity index (χ2v) is 6.35. The van der Waals surface area contributed by atoms with Crippen molar-refractivity contribution in [3.63, 3.8) is 0 Å². The Kier molecular flexibility index (Phi) is 5.90. The van der Waals surface area contributed by atoms with E-state index in [1.807, 2.05) is 31.3 Å². The molecule has 0 unspecified atom stereocenters. The van der Waals surface area contributed by atoms with Gasteiger partial charge < -0.3 is 10.2 Å². The number of aromatic nitrogens is 3. The monoisotopic (exact) mass is 340 g/mol. The molecule has 7 heteroatoms. The average molecular weight is 340 g/mol. The molecule has 2 aromatic rings. The van der Waals surface area contributed by atoms with Crippen molar-refractivity contribution < 1.29 is 4.79 Å². The summed E-state index contributed by atoms with van der Waals surface area (Å²) in [6, 6.07) is 5.85. The number of hydrogen-bond acceptors (Lipinski definition) is 6. The van der Waals surface area contributed by atoms with Crippen molar-refractivity contribution in [1.82, 2.24) is 25.2 Å². The third-order valence-electron chi connectivity index (χ3n) is 4.25. The van der Waals surface area contributed by atoms with Crippen LogP contribution in [0.15, 0.2) is 43.0 Å². The van der Waals surface area contributed by atoms with E-state index in [0.29, 0.717) is 6.54 Å². The SMILES string of the molecule is C[C@H](Cc1cccnc1)NC(=O)CN1CCN(c2ncccn2)CC1. The summed E-state index contributed by atoms with van der Waals surface area (Å²) in [7, 11) is 0. The van der Waals surface area contributed by atoms with Gasteiger partial charge in [-0.1, -0.05) is 6.07 Å². The quantitative estimate of drug-likeness (QED) is 0.836. The third-order valence-corrected chi connectivity index (χ3v) is 4.25.